The summed E-state index contributed by atoms with van der Waals surface area (Å²) in [7, 11) is 0. The van der Waals surface area contributed by atoms with Gasteiger partial charge in [-0.3, -0.25) is 14.9 Å². The van der Waals surface area contributed by atoms with Gasteiger partial charge in [0.05, 0.1) is 9.81 Å². The predicted molar refractivity (Wildman–Crippen MR) is 77.4 cm³/mol. The lowest BCUT2D eigenvalue weighted by Gasteiger charge is -2.19. The van der Waals surface area contributed by atoms with Crippen molar-refractivity contribution in [1.29, 1.82) is 0 Å². The first-order chi connectivity index (χ1) is 8.72. The Morgan fingerprint density at radius 2 is 1.50 bits per heavy atom. The van der Waals surface area contributed by atoms with Crippen LogP contribution < -0.4 is 5.32 Å². The van der Waals surface area contributed by atoms with Crippen LogP contribution in [0.1, 0.15) is 44.9 Å². The van der Waals surface area contributed by atoms with E-state index in [2.05, 4.69) is 5.32 Å². The third-order valence-corrected chi connectivity index (χ3v) is 5.74. The van der Waals surface area contributed by atoms with Crippen molar-refractivity contribution in [2.24, 2.45) is 0 Å². The summed E-state index contributed by atoms with van der Waals surface area (Å²) in [6, 6.07) is 0. The van der Waals surface area contributed by atoms with Gasteiger partial charge in [0.15, 0.2) is 0 Å². The van der Waals surface area contributed by atoms with Gasteiger partial charge in [-0.25, -0.2) is 0 Å². The molecule has 1 heterocycles. The highest BCUT2D eigenvalue weighted by Gasteiger charge is 2.31. The maximum atomic E-state index is 11.8. The van der Waals surface area contributed by atoms with E-state index in [0.29, 0.717) is 15.1 Å². The van der Waals surface area contributed by atoms with Crippen LogP contribution in [0.25, 0.3) is 0 Å². The largest absolute Gasteiger partial charge is 0.287 e. The van der Waals surface area contributed by atoms with Gasteiger partial charge < -0.3 is 0 Å². The maximum absolute atomic E-state index is 11.8. The molecule has 100 valence electrons. The molecule has 18 heavy (non-hydrogen) atoms. The van der Waals surface area contributed by atoms with Crippen molar-refractivity contribution in [3.05, 3.63) is 9.81 Å². The minimum absolute atomic E-state index is 0.198. The first kappa shape index (κ1) is 14.0. The molecule has 0 aromatic heterocycles. The molecular weight excluding hydrogens is 266 g/mol. The Labute approximate surface area is 117 Å². The molecule has 5 heteroatoms. The van der Waals surface area contributed by atoms with E-state index in [1.54, 1.807) is 11.8 Å². The molecule has 3 nitrogen and oxygen atoms in total. The standard InChI is InChI=1S/C13H19NO2S2/c1-17-10-11(13(16)14-12(10)15)18-9-7-5-3-2-4-6-8-9/h9H,2-8H2,1H3,(H,14,15,16). The van der Waals surface area contributed by atoms with Crippen molar-refractivity contribution in [1.82, 2.24) is 5.32 Å². The van der Waals surface area contributed by atoms with Crippen LogP contribution in [-0.2, 0) is 9.59 Å². The molecule has 0 radical (unpaired) electrons. The molecule has 0 bridgehead atoms. The van der Waals surface area contributed by atoms with Gasteiger partial charge in [0, 0.05) is 5.25 Å². The fraction of sp³-hybridized carbons (Fsp3) is 0.692. The van der Waals surface area contributed by atoms with Gasteiger partial charge in [0.2, 0.25) is 0 Å². The number of nitrogens with one attached hydrogen (secondary N) is 1. The van der Waals surface area contributed by atoms with Crippen LogP contribution in [0.4, 0.5) is 0 Å². The Kier molecular flexibility index (Phi) is 5.18. The summed E-state index contributed by atoms with van der Waals surface area (Å²) in [6.45, 7) is 0. The number of carbonyl (C=O) groups is 2. The number of amides is 2. The van der Waals surface area contributed by atoms with Gasteiger partial charge in [-0.1, -0.05) is 32.1 Å². The molecule has 0 aromatic rings. The van der Waals surface area contributed by atoms with Crippen molar-refractivity contribution < 1.29 is 9.59 Å². The third-order valence-electron chi connectivity index (χ3n) is 3.39. The molecule has 0 spiro atoms. The van der Waals surface area contributed by atoms with E-state index in [-0.39, 0.29) is 11.8 Å². The molecular formula is C13H19NO2S2. The number of hydrogen-bond donors (Lipinski definition) is 1. The number of thioether (sulfide) groups is 2. The summed E-state index contributed by atoms with van der Waals surface area (Å²) in [6.07, 6.45) is 10.6. The van der Waals surface area contributed by atoms with E-state index < -0.39 is 0 Å². The highest BCUT2D eigenvalue weighted by Crippen LogP contribution is 2.37. The minimum Gasteiger partial charge on any atom is -0.287 e. The SMILES string of the molecule is CSC1=C(SC2CCCCCCC2)C(=O)NC1=O. The molecule has 0 saturated heterocycles. The lowest BCUT2D eigenvalue weighted by Crippen LogP contribution is -2.22. The van der Waals surface area contributed by atoms with Crippen molar-refractivity contribution in [3.63, 3.8) is 0 Å². The highest BCUT2D eigenvalue weighted by atomic mass is 32.2. The second kappa shape index (κ2) is 6.66. The summed E-state index contributed by atoms with van der Waals surface area (Å²) in [5.74, 6) is -0.419. The van der Waals surface area contributed by atoms with Gasteiger partial charge in [-0.2, -0.15) is 0 Å². The van der Waals surface area contributed by atoms with Crippen LogP contribution in [-0.4, -0.2) is 23.3 Å². The minimum atomic E-state index is -0.221. The first-order valence-electron chi connectivity index (χ1n) is 6.53. The molecule has 0 aromatic carbocycles. The summed E-state index contributed by atoms with van der Waals surface area (Å²) < 4.78 is 0. The molecule has 0 unspecified atom stereocenters. The lowest BCUT2D eigenvalue weighted by molar-refractivity contribution is -0.123. The third kappa shape index (κ3) is 3.32. The van der Waals surface area contributed by atoms with E-state index in [0.717, 1.165) is 12.8 Å². The zero-order valence-corrected chi connectivity index (χ0v) is 12.3. The Hall–Kier alpha value is -0.420. The van der Waals surface area contributed by atoms with E-state index in [1.165, 1.54) is 43.9 Å². The molecule has 2 amide bonds. The Bertz CT molecular complexity index is 371. The molecule has 0 atom stereocenters. The van der Waals surface area contributed by atoms with E-state index >= 15 is 0 Å². The molecule has 2 rings (SSSR count). The van der Waals surface area contributed by atoms with Gasteiger partial charge >= 0.3 is 0 Å². The predicted octanol–water partition coefficient (Wildman–Crippen LogP) is 3.06. The van der Waals surface area contributed by atoms with E-state index in [9.17, 15) is 9.59 Å². The summed E-state index contributed by atoms with van der Waals surface area (Å²) in [5.41, 5.74) is 0. The maximum Gasteiger partial charge on any atom is 0.265 e. The normalized spacial score (nSPS) is 22.9. The summed E-state index contributed by atoms with van der Waals surface area (Å²) in [5, 5.41) is 2.89. The average Bonchev–Trinajstić information content (AvgIpc) is 2.56. The van der Waals surface area contributed by atoms with Gasteiger partial charge in [-0.05, 0) is 19.1 Å². The number of hydrogen-bond acceptors (Lipinski definition) is 4. The van der Waals surface area contributed by atoms with Crippen LogP contribution >= 0.6 is 23.5 Å². The summed E-state index contributed by atoms with van der Waals surface area (Å²) >= 11 is 3.00. The van der Waals surface area contributed by atoms with Crippen molar-refractivity contribution in [2.75, 3.05) is 6.26 Å². The van der Waals surface area contributed by atoms with E-state index in [4.69, 9.17) is 0 Å². The molecule has 2 aliphatic rings. The smallest absolute Gasteiger partial charge is 0.265 e. The zero-order valence-electron chi connectivity index (χ0n) is 10.7. The number of rotatable bonds is 3. The Morgan fingerprint density at radius 1 is 0.944 bits per heavy atom. The second-order valence-corrected chi connectivity index (χ2v) is 6.86. The quantitative estimate of drug-likeness (QED) is 0.810. The lowest BCUT2D eigenvalue weighted by atomic mass is 10.0. The van der Waals surface area contributed by atoms with Crippen molar-refractivity contribution >= 4 is 35.3 Å². The average molecular weight is 285 g/mol. The van der Waals surface area contributed by atoms with Crippen LogP contribution in [0, 0.1) is 0 Å². The zero-order chi connectivity index (χ0) is 13.0. The van der Waals surface area contributed by atoms with Crippen molar-refractivity contribution in [3.8, 4) is 0 Å². The Morgan fingerprint density at radius 3 is 2.11 bits per heavy atom. The monoisotopic (exact) mass is 285 g/mol. The second-order valence-electron chi connectivity index (χ2n) is 4.73. The topological polar surface area (TPSA) is 46.2 Å². The fourth-order valence-electron chi connectivity index (χ4n) is 2.42. The Balaban J connectivity index is 2.04. The van der Waals surface area contributed by atoms with Gasteiger partial charge in [0.1, 0.15) is 0 Å². The van der Waals surface area contributed by atoms with Crippen LogP contribution in [0.3, 0.4) is 0 Å². The molecule has 1 aliphatic heterocycles. The molecule has 1 fully saturated rings. The fourth-order valence-corrected chi connectivity index (χ4v) is 4.59. The molecule has 1 aliphatic carbocycles. The van der Waals surface area contributed by atoms with Gasteiger partial charge in [0.25, 0.3) is 11.8 Å². The van der Waals surface area contributed by atoms with Gasteiger partial charge in [-0.15, -0.1) is 23.5 Å². The van der Waals surface area contributed by atoms with E-state index in [1.807, 2.05) is 6.26 Å². The summed E-state index contributed by atoms with van der Waals surface area (Å²) in [4.78, 5) is 24.6. The highest BCUT2D eigenvalue weighted by molar-refractivity contribution is 8.08. The number of imide groups is 1. The molecule has 1 N–H and O–H groups in total. The number of carbonyl (C=O) groups excluding carboxylic acids is 2. The first-order valence-corrected chi connectivity index (χ1v) is 8.63. The van der Waals surface area contributed by atoms with Crippen LogP contribution in [0.5, 0.6) is 0 Å². The van der Waals surface area contributed by atoms with Crippen LogP contribution in [0.15, 0.2) is 9.81 Å². The van der Waals surface area contributed by atoms with Crippen molar-refractivity contribution in [2.45, 2.75) is 50.2 Å². The molecule has 1 saturated carbocycles. The van der Waals surface area contributed by atoms with Crippen LogP contribution in [0.2, 0.25) is 0 Å².